The molecule has 0 bridgehead atoms. The molecule has 1 aromatic carbocycles. The molecule has 0 aliphatic carbocycles. The van der Waals surface area contributed by atoms with Crippen LogP contribution in [0.2, 0.25) is 0 Å². The molecule has 0 aliphatic heterocycles. The minimum absolute atomic E-state index is 0.0814. The predicted octanol–water partition coefficient (Wildman–Crippen LogP) is 9.07. The zero-order valence-corrected chi connectivity index (χ0v) is 23.7. The van der Waals surface area contributed by atoms with E-state index in [9.17, 15) is 9.59 Å². The summed E-state index contributed by atoms with van der Waals surface area (Å²) in [6.45, 7) is 6.18. The van der Waals surface area contributed by atoms with E-state index < -0.39 is 5.91 Å². The van der Waals surface area contributed by atoms with Crippen LogP contribution in [-0.4, -0.2) is 29.8 Å². The molecule has 0 atom stereocenters. The molecule has 0 fully saturated rings. The Kier molecular flexibility index (Phi) is 20.0. The van der Waals surface area contributed by atoms with Crippen LogP contribution < -0.4 is 5.73 Å². The van der Waals surface area contributed by atoms with E-state index in [1.165, 1.54) is 116 Å². The van der Waals surface area contributed by atoms with Crippen molar-refractivity contribution in [3.8, 4) is 0 Å². The summed E-state index contributed by atoms with van der Waals surface area (Å²) in [5.74, 6) is -0.376. The summed E-state index contributed by atoms with van der Waals surface area (Å²) in [7, 11) is 0. The maximum absolute atomic E-state index is 13.2. The van der Waals surface area contributed by atoms with Gasteiger partial charge in [0, 0.05) is 24.2 Å². The Labute approximate surface area is 222 Å². The molecular weight excluding hydrogens is 444 g/mol. The van der Waals surface area contributed by atoms with Gasteiger partial charge in [-0.1, -0.05) is 129 Å². The van der Waals surface area contributed by atoms with Gasteiger partial charge in [0.25, 0.3) is 5.91 Å². The Bertz CT molecular complexity index is 647. The van der Waals surface area contributed by atoms with Gasteiger partial charge < -0.3 is 10.6 Å². The fraction of sp³-hybridized carbons (Fsp3) is 0.750. The van der Waals surface area contributed by atoms with Gasteiger partial charge in [-0.25, -0.2) is 0 Å². The Hall–Kier alpha value is -1.84. The molecule has 4 nitrogen and oxygen atoms in total. The third-order valence-electron chi connectivity index (χ3n) is 7.27. The van der Waals surface area contributed by atoms with Gasteiger partial charge in [-0.3, -0.25) is 9.59 Å². The minimum atomic E-state index is -0.457. The van der Waals surface area contributed by atoms with E-state index in [0.29, 0.717) is 11.1 Å². The number of primary amides is 1. The second kappa shape index (κ2) is 22.4. The number of nitrogens with zero attached hydrogens (tertiary/aromatic N) is 1. The smallest absolute Gasteiger partial charge is 0.253 e. The molecule has 1 rings (SSSR count). The number of hydrogen-bond donors (Lipinski definition) is 1. The number of rotatable bonds is 24. The highest BCUT2D eigenvalue weighted by molar-refractivity contribution is 5.97. The third-order valence-corrected chi connectivity index (χ3v) is 7.27. The van der Waals surface area contributed by atoms with Gasteiger partial charge in [-0.2, -0.15) is 0 Å². The lowest BCUT2D eigenvalue weighted by molar-refractivity contribution is 0.0748. The van der Waals surface area contributed by atoms with Crippen molar-refractivity contribution in [3.63, 3.8) is 0 Å². The van der Waals surface area contributed by atoms with Crippen molar-refractivity contribution in [2.24, 2.45) is 5.73 Å². The molecule has 0 saturated carbocycles. The van der Waals surface area contributed by atoms with E-state index in [2.05, 4.69) is 13.8 Å². The monoisotopic (exact) mass is 500 g/mol. The largest absolute Gasteiger partial charge is 0.366 e. The van der Waals surface area contributed by atoms with Crippen molar-refractivity contribution in [3.05, 3.63) is 35.4 Å². The molecule has 0 saturated heterocycles. The first-order valence-electron chi connectivity index (χ1n) is 15.3. The fourth-order valence-electron chi connectivity index (χ4n) is 4.85. The second-order valence-electron chi connectivity index (χ2n) is 10.6. The summed E-state index contributed by atoms with van der Waals surface area (Å²) in [6.07, 6.45) is 26.0. The van der Waals surface area contributed by atoms with E-state index in [0.717, 1.165) is 25.9 Å². The highest BCUT2D eigenvalue weighted by atomic mass is 16.2. The lowest BCUT2D eigenvalue weighted by Gasteiger charge is -2.23. The second-order valence-corrected chi connectivity index (χ2v) is 10.6. The van der Waals surface area contributed by atoms with E-state index in [1.54, 1.807) is 24.3 Å². The molecular formula is C32H56N2O2. The fourth-order valence-corrected chi connectivity index (χ4v) is 4.85. The van der Waals surface area contributed by atoms with E-state index in [4.69, 9.17) is 5.73 Å². The number of unbranched alkanes of at least 4 members (excludes halogenated alkanes) is 18. The molecule has 0 radical (unpaired) electrons. The Balaban J connectivity index is 2.37. The van der Waals surface area contributed by atoms with Crippen LogP contribution in [0.1, 0.15) is 163 Å². The van der Waals surface area contributed by atoms with Crippen LogP contribution in [-0.2, 0) is 0 Å². The maximum Gasteiger partial charge on any atom is 0.253 e. The van der Waals surface area contributed by atoms with Gasteiger partial charge in [-0.15, -0.1) is 0 Å². The summed E-state index contributed by atoms with van der Waals surface area (Å²) < 4.78 is 0. The summed E-state index contributed by atoms with van der Waals surface area (Å²) >= 11 is 0. The molecule has 0 aliphatic rings. The quantitative estimate of drug-likeness (QED) is 0.144. The molecule has 0 heterocycles. The summed E-state index contributed by atoms with van der Waals surface area (Å²) in [5.41, 5.74) is 6.46. The number of benzene rings is 1. The van der Waals surface area contributed by atoms with Gasteiger partial charge >= 0.3 is 0 Å². The number of carbonyl (C=O) groups is 2. The van der Waals surface area contributed by atoms with Crippen LogP contribution in [0.5, 0.6) is 0 Å². The number of hydrogen-bond acceptors (Lipinski definition) is 2. The van der Waals surface area contributed by atoms with Crippen LogP contribution in [0.3, 0.4) is 0 Å². The van der Waals surface area contributed by atoms with Crippen molar-refractivity contribution in [2.75, 3.05) is 13.1 Å². The summed E-state index contributed by atoms with van der Waals surface area (Å²) in [6, 6.07) is 6.81. The van der Waals surface area contributed by atoms with Crippen LogP contribution in [0.25, 0.3) is 0 Å². The first kappa shape index (κ1) is 32.2. The molecule has 0 unspecified atom stereocenters. The SMILES string of the molecule is CCCCCCCCCCCCN(CCCCCCCCCCCC)C(=O)c1ccc(C(N)=O)cc1. The van der Waals surface area contributed by atoms with Crippen LogP contribution in [0.15, 0.2) is 24.3 Å². The lowest BCUT2D eigenvalue weighted by Crippen LogP contribution is -2.33. The predicted molar refractivity (Wildman–Crippen MR) is 155 cm³/mol. The van der Waals surface area contributed by atoms with Crippen molar-refractivity contribution < 1.29 is 9.59 Å². The van der Waals surface area contributed by atoms with Crippen molar-refractivity contribution in [1.82, 2.24) is 4.90 Å². The number of nitrogens with two attached hydrogens (primary N) is 1. The molecule has 0 aromatic heterocycles. The van der Waals surface area contributed by atoms with Crippen LogP contribution >= 0.6 is 0 Å². The zero-order chi connectivity index (χ0) is 26.3. The molecule has 206 valence electrons. The Morgan fingerprint density at radius 1 is 0.528 bits per heavy atom. The summed E-state index contributed by atoms with van der Waals surface area (Å²) in [4.78, 5) is 26.6. The average molecular weight is 501 g/mol. The molecule has 2 N–H and O–H groups in total. The number of carbonyl (C=O) groups excluding carboxylic acids is 2. The molecule has 36 heavy (non-hydrogen) atoms. The average Bonchev–Trinajstić information content (AvgIpc) is 2.89. The Morgan fingerprint density at radius 3 is 1.17 bits per heavy atom. The number of amides is 2. The van der Waals surface area contributed by atoms with Crippen molar-refractivity contribution >= 4 is 11.8 Å². The highest BCUT2D eigenvalue weighted by Gasteiger charge is 2.15. The Morgan fingerprint density at radius 2 is 0.833 bits per heavy atom. The van der Waals surface area contributed by atoms with Gasteiger partial charge in [0.2, 0.25) is 5.91 Å². The van der Waals surface area contributed by atoms with Gasteiger partial charge in [0.1, 0.15) is 0 Å². The van der Waals surface area contributed by atoms with Gasteiger partial charge in [-0.05, 0) is 37.1 Å². The van der Waals surface area contributed by atoms with Gasteiger partial charge in [0.15, 0.2) is 0 Å². The van der Waals surface area contributed by atoms with E-state index in [-0.39, 0.29) is 5.91 Å². The van der Waals surface area contributed by atoms with Crippen molar-refractivity contribution in [1.29, 1.82) is 0 Å². The van der Waals surface area contributed by atoms with E-state index >= 15 is 0 Å². The third kappa shape index (κ3) is 16.0. The van der Waals surface area contributed by atoms with Crippen LogP contribution in [0, 0.1) is 0 Å². The highest BCUT2D eigenvalue weighted by Crippen LogP contribution is 2.15. The standard InChI is InChI=1S/C32H56N2O2/c1-3-5-7-9-11-13-15-17-19-21-27-34(28-22-20-18-16-14-12-10-8-6-4-2)32(36)30-25-23-29(24-26-30)31(33)35/h23-26H,3-22,27-28H2,1-2H3,(H2,33,35). The van der Waals surface area contributed by atoms with Crippen LogP contribution in [0.4, 0.5) is 0 Å². The van der Waals surface area contributed by atoms with Gasteiger partial charge in [0.05, 0.1) is 0 Å². The first-order chi connectivity index (χ1) is 17.6. The molecule has 4 heteroatoms. The molecule has 0 spiro atoms. The lowest BCUT2D eigenvalue weighted by atomic mass is 10.1. The zero-order valence-electron chi connectivity index (χ0n) is 23.7. The summed E-state index contributed by atoms with van der Waals surface area (Å²) in [5, 5.41) is 0. The van der Waals surface area contributed by atoms with E-state index in [1.807, 2.05) is 4.90 Å². The minimum Gasteiger partial charge on any atom is -0.366 e. The topological polar surface area (TPSA) is 63.4 Å². The molecule has 2 amide bonds. The van der Waals surface area contributed by atoms with Crippen molar-refractivity contribution in [2.45, 2.75) is 142 Å². The first-order valence-corrected chi connectivity index (χ1v) is 15.3. The molecule has 1 aromatic rings. The normalized spacial score (nSPS) is 11.1. The maximum atomic E-state index is 13.2.